The molecule has 2 aromatic carbocycles. The molecule has 3 aromatic rings. The summed E-state index contributed by atoms with van der Waals surface area (Å²) in [5, 5.41) is 23.1. The predicted molar refractivity (Wildman–Crippen MR) is 91.2 cm³/mol. The lowest BCUT2D eigenvalue weighted by atomic mass is 10.2. The molecule has 3 rings (SSSR count). The van der Waals surface area contributed by atoms with Crippen LogP contribution in [0.3, 0.4) is 0 Å². The first kappa shape index (κ1) is 15.3. The Hall–Kier alpha value is -3.59. The van der Waals surface area contributed by atoms with E-state index < -0.39 is 0 Å². The van der Waals surface area contributed by atoms with Crippen LogP contribution in [0.4, 0.5) is 0 Å². The van der Waals surface area contributed by atoms with Crippen molar-refractivity contribution in [3.63, 3.8) is 0 Å². The number of aliphatic hydroxyl groups excluding tert-OH is 1. The van der Waals surface area contributed by atoms with E-state index in [-0.39, 0.29) is 17.9 Å². The molecule has 0 amide bonds. The van der Waals surface area contributed by atoms with Crippen LogP contribution in [0.25, 0.3) is 16.6 Å². The molecule has 6 nitrogen and oxygen atoms in total. The Morgan fingerprint density at radius 3 is 2.71 bits per heavy atom. The molecule has 0 atom stereocenters. The first-order chi connectivity index (χ1) is 11.8. The lowest BCUT2D eigenvalue weighted by Gasteiger charge is -2.01. The summed E-state index contributed by atoms with van der Waals surface area (Å²) in [4.78, 5) is 12.3. The summed E-state index contributed by atoms with van der Waals surface area (Å²) < 4.78 is 0. The van der Waals surface area contributed by atoms with Crippen molar-refractivity contribution in [3.8, 4) is 6.07 Å². The molecule has 1 heterocycles. The number of fused-ring (bicyclic) bond motifs is 1. The van der Waals surface area contributed by atoms with E-state index in [0.717, 1.165) is 16.6 Å². The SMILES string of the molecule is N#C/C(=C(/O)CO/N=C\c1ccccc1)c1nc2ccccc2[nH]1. The number of para-hydroxylation sites is 2. The summed E-state index contributed by atoms with van der Waals surface area (Å²) in [6.45, 7) is -0.219. The van der Waals surface area contributed by atoms with Crippen LogP contribution in [0.2, 0.25) is 0 Å². The van der Waals surface area contributed by atoms with Crippen LogP contribution in [-0.4, -0.2) is 27.9 Å². The summed E-state index contributed by atoms with van der Waals surface area (Å²) in [5.41, 5.74) is 2.41. The molecule has 0 aliphatic rings. The fourth-order valence-corrected chi connectivity index (χ4v) is 2.13. The van der Waals surface area contributed by atoms with Gasteiger partial charge in [0.15, 0.2) is 18.2 Å². The average molecular weight is 318 g/mol. The van der Waals surface area contributed by atoms with Crippen molar-refractivity contribution in [3.05, 3.63) is 71.7 Å². The van der Waals surface area contributed by atoms with E-state index in [9.17, 15) is 10.4 Å². The second-order valence-electron chi connectivity index (χ2n) is 4.95. The van der Waals surface area contributed by atoms with Gasteiger partial charge in [-0.3, -0.25) is 0 Å². The van der Waals surface area contributed by atoms with Gasteiger partial charge in [0.25, 0.3) is 0 Å². The number of nitriles is 1. The number of rotatable bonds is 5. The van der Waals surface area contributed by atoms with Gasteiger partial charge in [-0.1, -0.05) is 47.6 Å². The van der Waals surface area contributed by atoms with Crippen molar-refractivity contribution in [1.82, 2.24) is 9.97 Å². The quantitative estimate of drug-likeness (QED) is 0.326. The number of benzene rings is 2. The molecule has 0 aliphatic carbocycles. The number of oxime groups is 1. The van der Waals surface area contributed by atoms with E-state index >= 15 is 0 Å². The van der Waals surface area contributed by atoms with E-state index in [1.54, 1.807) is 0 Å². The maximum Gasteiger partial charge on any atom is 0.175 e. The van der Waals surface area contributed by atoms with Gasteiger partial charge in [-0.25, -0.2) is 4.98 Å². The molecular weight excluding hydrogens is 304 g/mol. The Labute approximate surface area is 138 Å². The molecule has 0 saturated carbocycles. The number of allylic oxidation sites excluding steroid dienone is 1. The maximum absolute atomic E-state index is 10.1. The van der Waals surface area contributed by atoms with Gasteiger partial charge in [0.1, 0.15) is 11.6 Å². The van der Waals surface area contributed by atoms with Gasteiger partial charge in [0, 0.05) is 0 Å². The van der Waals surface area contributed by atoms with Gasteiger partial charge >= 0.3 is 0 Å². The Morgan fingerprint density at radius 1 is 1.21 bits per heavy atom. The second-order valence-corrected chi connectivity index (χ2v) is 4.95. The molecule has 1 aromatic heterocycles. The average Bonchev–Trinajstić information content (AvgIpc) is 3.04. The Kier molecular flexibility index (Phi) is 4.54. The predicted octanol–water partition coefficient (Wildman–Crippen LogP) is 3.41. The van der Waals surface area contributed by atoms with Gasteiger partial charge in [-0.05, 0) is 17.7 Å². The number of aromatic nitrogens is 2. The molecular formula is C18H14N4O2. The lowest BCUT2D eigenvalue weighted by Crippen LogP contribution is -1.99. The van der Waals surface area contributed by atoms with Crippen molar-refractivity contribution in [2.45, 2.75) is 0 Å². The molecule has 0 spiro atoms. The Bertz CT molecular complexity index is 903. The molecule has 0 bridgehead atoms. The van der Waals surface area contributed by atoms with Gasteiger partial charge in [0.2, 0.25) is 0 Å². The first-order valence-corrected chi connectivity index (χ1v) is 7.25. The molecule has 118 valence electrons. The maximum atomic E-state index is 10.1. The molecule has 0 fully saturated rings. The van der Waals surface area contributed by atoms with Gasteiger partial charge in [-0.2, -0.15) is 5.26 Å². The monoisotopic (exact) mass is 318 g/mol. The van der Waals surface area contributed by atoms with Gasteiger partial charge in [0.05, 0.1) is 17.2 Å². The highest BCUT2D eigenvalue weighted by molar-refractivity contribution is 5.82. The van der Waals surface area contributed by atoms with Crippen molar-refractivity contribution in [2.24, 2.45) is 5.16 Å². The van der Waals surface area contributed by atoms with E-state index in [1.807, 2.05) is 60.7 Å². The van der Waals surface area contributed by atoms with Crippen LogP contribution in [0.15, 0.2) is 65.5 Å². The normalized spacial score (nSPS) is 12.1. The Balaban J connectivity index is 1.73. The van der Waals surface area contributed by atoms with Crippen LogP contribution in [0.1, 0.15) is 11.4 Å². The van der Waals surface area contributed by atoms with Crippen molar-refractivity contribution in [1.29, 1.82) is 5.26 Å². The molecule has 24 heavy (non-hydrogen) atoms. The molecule has 0 unspecified atom stereocenters. The summed E-state index contributed by atoms with van der Waals surface area (Å²) in [7, 11) is 0. The first-order valence-electron chi connectivity index (χ1n) is 7.25. The van der Waals surface area contributed by atoms with Crippen LogP contribution in [0.5, 0.6) is 0 Å². The minimum atomic E-state index is -0.234. The van der Waals surface area contributed by atoms with E-state index in [4.69, 9.17) is 4.84 Å². The van der Waals surface area contributed by atoms with Crippen molar-refractivity contribution in [2.75, 3.05) is 6.61 Å². The zero-order valence-corrected chi connectivity index (χ0v) is 12.7. The van der Waals surface area contributed by atoms with Crippen LogP contribution < -0.4 is 0 Å². The summed E-state index contributed by atoms with van der Waals surface area (Å²) >= 11 is 0. The van der Waals surface area contributed by atoms with Crippen LogP contribution >= 0.6 is 0 Å². The number of H-pyrrole nitrogens is 1. The van der Waals surface area contributed by atoms with Crippen molar-refractivity contribution < 1.29 is 9.94 Å². The number of aliphatic hydroxyl groups is 1. The largest absolute Gasteiger partial charge is 0.507 e. The van der Waals surface area contributed by atoms with Crippen LogP contribution in [0, 0.1) is 11.3 Å². The standard InChI is InChI=1S/C18H14N4O2/c19-10-14(18-21-15-8-4-5-9-16(15)22-18)17(23)12-24-20-11-13-6-2-1-3-7-13/h1-9,11,23H,12H2,(H,21,22)/b17-14-,20-11-. The van der Waals surface area contributed by atoms with E-state index in [0.29, 0.717) is 5.82 Å². The highest BCUT2D eigenvalue weighted by Crippen LogP contribution is 2.18. The zero-order chi connectivity index (χ0) is 16.8. The molecule has 0 aliphatic heterocycles. The molecule has 0 radical (unpaired) electrons. The highest BCUT2D eigenvalue weighted by Gasteiger charge is 2.13. The fourth-order valence-electron chi connectivity index (χ4n) is 2.13. The zero-order valence-electron chi connectivity index (χ0n) is 12.7. The summed E-state index contributed by atoms with van der Waals surface area (Å²) in [6.07, 6.45) is 1.53. The summed E-state index contributed by atoms with van der Waals surface area (Å²) in [6, 6.07) is 18.7. The number of nitrogens with one attached hydrogen (secondary N) is 1. The van der Waals surface area contributed by atoms with Gasteiger partial charge < -0.3 is 14.9 Å². The number of nitrogens with zero attached hydrogens (tertiary/aromatic N) is 3. The minimum Gasteiger partial charge on any atom is -0.507 e. The smallest absolute Gasteiger partial charge is 0.175 e. The fraction of sp³-hybridized carbons (Fsp3) is 0.0556. The highest BCUT2D eigenvalue weighted by atomic mass is 16.6. The number of aromatic amines is 1. The molecule has 6 heteroatoms. The third-order valence-corrected chi connectivity index (χ3v) is 3.30. The van der Waals surface area contributed by atoms with Crippen LogP contribution in [-0.2, 0) is 4.84 Å². The third kappa shape index (κ3) is 3.42. The summed E-state index contributed by atoms with van der Waals surface area (Å²) in [5.74, 6) is 0.0635. The number of imidazole rings is 1. The van der Waals surface area contributed by atoms with E-state index in [2.05, 4.69) is 15.1 Å². The second kappa shape index (κ2) is 7.11. The van der Waals surface area contributed by atoms with Gasteiger partial charge in [-0.15, -0.1) is 0 Å². The molecule has 0 saturated heterocycles. The van der Waals surface area contributed by atoms with E-state index in [1.165, 1.54) is 6.21 Å². The number of hydrogen-bond donors (Lipinski definition) is 2. The number of hydrogen-bond acceptors (Lipinski definition) is 5. The Morgan fingerprint density at radius 2 is 1.96 bits per heavy atom. The van der Waals surface area contributed by atoms with Crippen molar-refractivity contribution >= 4 is 22.8 Å². The minimum absolute atomic E-state index is 0.0288. The third-order valence-electron chi connectivity index (χ3n) is 3.30. The topological polar surface area (TPSA) is 94.3 Å². The molecule has 2 N–H and O–H groups in total. The lowest BCUT2D eigenvalue weighted by molar-refractivity contribution is 0.139.